The highest BCUT2D eigenvalue weighted by Gasteiger charge is 2.44. The van der Waals surface area contributed by atoms with Crippen molar-refractivity contribution in [2.75, 3.05) is 13.2 Å². The van der Waals surface area contributed by atoms with E-state index >= 15 is 0 Å². The van der Waals surface area contributed by atoms with Crippen LogP contribution in [0.1, 0.15) is 57.8 Å². The average Bonchev–Trinajstić information content (AvgIpc) is 2.78. The van der Waals surface area contributed by atoms with Gasteiger partial charge in [-0.3, -0.25) is 4.79 Å². The van der Waals surface area contributed by atoms with Gasteiger partial charge in [0, 0.05) is 24.3 Å². The summed E-state index contributed by atoms with van der Waals surface area (Å²) in [6.07, 6.45) is 0.894. The van der Waals surface area contributed by atoms with E-state index in [9.17, 15) is 13.6 Å². The molecule has 140 valence electrons. The van der Waals surface area contributed by atoms with Gasteiger partial charge in [0.05, 0.1) is 5.56 Å². The number of pyridine rings is 1. The Morgan fingerprint density at radius 1 is 1.40 bits per heavy atom. The number of alkyl halides is 2. The van der Waals surface area contributed by atoms with E-state index in [1.54, 1.807) is 6.07 Å². The monoisotopic (exact) mass is 354 g/mol. The third-order valence-electron chi connectivity index (χ3n) is 4.84. The fraction of sp³-hybridized carbons (Fsp3) is 0.684. The molecule has 6 heteroatoms. The summed E-state index contributed by atoms with van der Waals surface area (Å²) in [6.45, 7) is 10.9. The molecule has 0 aromatic carbocycles. The van der Waals surface area contributed by atoms with Crippen molar-refractivity contribution in [2.24, 2.45) is 11.3 Å². The molecule has 1 amide bonds. The number of likely N-dealkylation sites (tertiary alicyclic amines) is 1. The van der Waals surface area contributed by atoms with Crippen LogP contribution in [-0.4, -0.2) is 40.9 Å². The van der Waals surface area contributed by atoms with Gasteiger partial charge in [-0.25, -0.2) is 13.8 Å². The molecule has 1 aliphatic rings. The Morgan fingerprint density at radius 3 is 2.60 bits per heavy atom. The second-order valence-corrected chi connectivity index (χ2v) is 8.45. The predicted molar refractivity (Wildman–Crippen MR) is 93.0 cm³/mol. The molecule has 2 rings (SSSR count). The first-order valence-corrected chi connectivity index (χ1v) is 8.69. The molecule has 4 nitrogen and oxygen atoms in total. The summed E-state index contributed by atoms with van der Waals surface area (Å²) in [7, 11) is 0. The maximum atomic E-state index is 12.9. The second-order valence-electron chi connectivity index (χ2n) is 8.45. The first-order valence-electron chi connectivity index (χ1n) is 8.69. The van der Waals surface area contributed by atoms with Crippen LogP contribution in [0.4, 0.5) is 8.78 Å². The van der Waals surface area contributed by atoms with Crippen molar-refractivity contribution in [1.29, 1.82) is 0 Å². The lowest BCUT2D eigenvalue weighted by molar-refractivity contribution is 0.0569. The Kier molecular flexibility index (Phi) is 5.69. The Hall–Kier alpha value is -1.72. The quantitative estimate of drug-likeness (QED) is 0.787. The van der Waals surface area contributed by atoms with E-state index in [4.69, 9.17) is 4.74 Å². The van der Waals surface area contributed by atoms with E-state index in [2.05, 4.69) is 39.6 Å². The highest BCUT2D eigenvalue weighted by molar-refractivity contribution is 5.94. The van der Waals surface area contributed by atoms with Gasteiger partial charge in [-0.2, -0.15) is 0 Å². The highest BCUT2D eigenvalue weighted by Crippen LogP contribution is 2.42. The zero-order chi connectivity index (χ0) is 18.8. The predicted octanol–water partition coefficient (Wildman–Crippen LogP) is 4.40. The molecular formula is C19H28F2N2O2. The summed E-state index contributed by atoms with van der Waals surface area (Å²) < 4.78 is 29.2. The molecule has 1 fully saturated rings. The maximum Gasteiger partial charge on any atom is 0.272 e. The van der Waals surface area contributed by atoms with Crippen LogP contribution in [0.3, 0.4) is 0 Å². The molecule has 1 aromatic heterocycles. The number of carbonyl (C=O) groups is 1. The molecule has 0 spiro atoms. The van der Waals surface area contributed by atoms with Crippen LogP contribution in [0.25, 0.3) is 0 Å². The standard InChI is InChI=1S/C19H28F2N2O2/c1-18(2,3)10-14-8-9-23(19(14,4)5)17(24)13-6-7-16(22-11-13)25-12-15(20)21/h6-7,11,14-15H,8-10,12H2,1-5H3. The lowest BCUT2D eigenvalue weighted by Gasteiger charge is -2.38. The van der Waals surface area contributed by atoms with Crippen molar-refractivity contribution in [3.05, 3.63) is 23.9 Å². The van der Waals surface area contributed by atoms with Crippen molar-refractivity contribution >= 4 is 5.91 Å². The normalized spacial score (nSPS) is 20.2. The van der Waals surface area contributed by atoms with Gasteiger partial charge in [0.15, 0.2) is 6.61 Å². The molecule has 1 atom stereocenters. The summed E-state index contributed by atoms with van der Waals surface area (Å²) >= 11 is 0. The molecule has 1 unspecified atom stereocenters. The number of aromatic nitrogens is 1. The van der Waals surface area contributed by atoms with Crippen LogP contribution in [0.15, 0.2) is 18.3 Å². The number of halogens is 2. The molecule has 0 saturated carbocycles. The zero-order valence-electron chi connectivity index (χ0n) is 15.7. The molecule has 0 aliphatic carbocycles. The molecule has 0 bridgehead atoms. The summed E-state index contributed by atoms with van der Waals surface area (Å²) in [5.74, 6) is 0.468. The summed E-state index contributed by atoms with van der Waals surface area (Å²) in [6, 6.07) is 3.05. The Balaban J connectivity index is 2.07. The van der Waals surface area contributed by atoms with E-state index < -0.39 is 13.0 Å². The number of amides is 1. The minimum absolute atomic E-state index is 0.0747. The van der Waals surface area contributed by atoms with Gasteiger partial charge in [0.25, 0.3) is 12.3 Å². The maximum absolute atomic E-state index is 12.9. The van der Waals surface area contributed by atoms with Crippen LogP contribution in [0.5, 0.6) is 5.88 Å². The van der Waals surface area contributed by atoms with Crippen molar-refractivity contribution in [3.8, 4) is 5.88 Å². The fourth-order valence-corrected chi connectivity index (χ4v) is 3.50. The number of hydrogen-bond acceptors (Lipinski definition) is 3. The molecule has 1 saturated heterocycles. The van der Waals surface area contributed by atoms with Crippen molar-refractivity contribution in [2.45, 2.75) is 59.4 Å². The molecule has 25 heavy (non-hydrogen) atoms. The van der Waals surface area contributed by atoms with Gasteiger partial charge in [-0.1, -0.05) is 20.8 Å². The Morgan fingerprint density at radius 2 is 2.08 bits per heavy atom. The number of ether oxygens (including phenoxy) is 1. The minimum atomic E-state index is -2.55. The van der Waals surface area contributed by atoms with Gasteiger partial charge < -0.3 is 9.64 Å². The Labute approximate surface area is 148 Å². The van der Waals surface area contributed by atoms with Crippen LogP contribution >= 0.6 is 0 Å². The first-order chi connectivity index (χ1) is 11.5. The zero-order valence-corrected chi connectivity index (χ0v) is 15.7. The van der Waals surface area contributed by atoms with E-state index in [1.165, 1.54) is 12.3 Å². The summed E-state index contributed by atoms with van der Waals surface area (Å²) in [5, 5.41) is 0. The van der Waals surface area contributed by atoms with Crippen LogP contribution in [0.2, 0.25) is 0 Å². The summed E-state index contributed by atoms with van der Waals surface area (Å²) in [4.78, 5) is 18.7. The van der Waals surface area contributed by atoms with Crippen molar-refractivity contribution < 1.29 is 18.3 Å². The largest absolute Gasteiger partial charge is 0.472 e. The number of nitrogens with zero attached hydrogens (tertiary/aromatic N) is 2. The van der Waals surface area contributed by atoms with Gasteiger partial charge in [-0.15, -0.1) is 0 Å². The van der Waals surface area contributed by atoms with E-state index in [0.29, 0.717) is 11.5 Å². The van der Waals surface area contributed by atoms with Crippen LogP contribution in [-0.2, 0) is 0 Å². The highest BCUT2D eigenvalue weighted by atomic mass is 19.3. The fourth-order valence-electron chi connectivity index (χ4n) is 3.50. The number of hydrogen-bond donors (Lipinski definition) is 0. The molecule has 0 radical (unpaired) electrons. The second kappa shape index (κ2) is 7.26. The van der Waals surface area contributed by atoms with Gasteiger partial charge in [0.2, 0.25) is 5.88 Å². The van der Waals surface area contributed by atoms with E-state index in [-0.39, 0.29) is 22.7 Å². The topological polar surface area (TPSA) is 42.4 Å². The number of carbonyl (C=O) groups excluding carboxylic acids is 1. The lowest BCUT2D eigenvalue weighted by atomic mass is 9.76. The van der Waals surface area contributed by atoms with Gasteiger partial charge in [-0.05, 0) is 44.1 Å². The third kappa shape index (κ3) is 4.89. The minimum Gasteiger partial charge on any atom is -0.472 e. The molecule has 0 N–H and O–H groups in total. The third-order valence-corrected chi connectivity index (χ3v) is 4.84. The molecular weight excluding hydrogens is 326 g/mol. The Bertz CT molecular complexity index is 594. The molecule has 2 heterocycles. The lowest BCUT2D eigenvalue weighted by Crippen LogP contribution is -2.46. The van der Waals surface area contributed by atoms with Crippen LogP contribution in [0, 0.1) is 11.3 Å². The molecule has 1 aliphatic heterocycles. The van der Waals surface area contributed by atoms with Gasteiger partial charge in [0.1, 0.15) is 0 Å². The average molecular weight is 354 g/mol. The smallest absolute Gasteiger partial charge is 0.272 e. The summed E-state index contributed by atoms with van der Waals surface area (Å²) in [5.41, 5.74) is 0.440. The number of rotatable bonds is 5. The van der Waals surface area contributed by atoms with Gasteiger partial charge >= 0.3 is 0 Å². The SMILES string of the molecule is CC(C)(C)CC1CCN(C(=O)c2ccc(OCC(F)F)nc2)C1(C)C. The van der Waals surface area contributed by atoms with Crippen molar-refractivity contribution in [3.63, 3.8) is 0 Å². The van der Waals surface area contributed by atoms with Crippen LogP contribution < -0.4 is 4.74 Å². The van der Waals surface area contributed by atoms with E-state index in [1.807, 2.05) is 4.90 Å². The molecule has 1 aromatic rings. The first kappa shape index (κ1) is 19.6. The van der Waals surface area contributed by atoms with E-state index in [0.717, 1.165) is 19.4 Å². The van der Waals surface area contributed by atoms with Crippen molar-refractivity contribution in [1.82, 2.24) is 9.88 Å².